The van der Waals surface area contributed by atoms with Crippen molar-refractivity contribution in [3.05, 3.63) is 88.9 Å². The van der Waals surface area contributed by atoms with E-state index in [1.807, 2.05) is 66.8 Å². The Kier molecular flexibility index (Phi) is 6.62. The minimum absolute atomic E-state index is 0.472. The fourth-order valence-electron chi connectivity index (χ4n) is 3.60. The van der Waals surface area contributed by atoms with Gasteiger partial charge in [0.05, 0.1) is 28.4 Å². The Balaban J connectivity index is 2.09. The van der Waals surface area contributed by atoms with Crippen LogP contribution < -0.4 is 9.47 Å². The molecule has 0 spiro atoms. The monoisotopic (exact) mass is 406 g/mol. The Labute approximate surface area is 177 Å². The second-order valence-electron chi connectivity index (χ2n) is 6.95. The quantitative estimate of drug-likeness (QED) is 0.600. The summed E-state index contributed by atoms with van der Waals surface area (Å²) in [5, 5.41) is 0. The highest BCUT2D eigenvalue weighted by Gasteiger charge is 2.38. The summed E-state index contributed by atoms with van der Waals surface area (Å²) in [5.41, 5.74) is 1.67. The van der Waals surface area contributed by atoms with Crippen molar-refractivity contribution in [2.24, 2.45) is 5.41 Å². The third-order valence-corrected chi connectivity index (χ3v) is 5.16. The summed E-state index contributed by atoms with van der Waals surface area (Å²) in [7, 11) is 6.40. The molecule has 0 amide bonds. The van der Waals surface area contributed by atoms with Crippen LogP contribution in [-0.2, 0) is 20.7 Å². The molecule has 0 aliphatic heterocycles. The number of hydrogen-bond donors (Lipinski definition) is 0. The number of ether oxygens (including phenoxy) is 4. The van der Waals surface area contributed by atoms with Crippen molar-refractivity contribution in [2.45, 2.75) is 6.42 Å². The first-order valence-electron chi connectivity index (χ1n) is 9.56. The van der Waals surface area contributed by atoms with Crippen molar-refractivity contribution in [1.29, 1.82) is 0 Å². The molecule has 2 aromatic rings. The van der Waals surface area contributed by atoms with Gasteiger partial charge in [-0.3, -0.25) is 0 Å². The Bertz CT molecular complexity index is 988. The first kappa shape index (κ1) is 21.2. The van der Waals surface area contributed by atoms with Crippen molar-refractivity contribution < 1.29 is 23.7 Å². The predicted molar refractivity (Wildman–Crippen MR) is 116 cm³/mol. The van der Waals surface area contributed by atoms with Gasteiger partial charge in [-0.2, -0.15) is 0 Å². The lowest BCUT2D eigenvalue weighted by molar-refractivity contribution is -0.114. The molecule has 3 rings (SSSR count). The molecular formula is C25H26O5. The van der Waals surface area contributed by atoms with E-state index in [0.717, 1.165) is 23.0 Å². The Hall–Kier alpha value is -3.47. The van der Waals surface area contributed by atoms with Gasteiger partial charge in [0.2, 0.25) is 0 Å². The molecule has 0 saturated heterocycles. The fourth-order valence-corrected chi connectivity index (χ4v) is 3.60. The first-order chi connectivity index (χ1) is 14.6. The van der Waals surface area contributed by atoms with Gasteiger partial charge in [-0.1, -0.05) is 30.3 Å². The Morgan fingerprint density at radius 3 is 2.27 bits per heavy atom. The van der Waals surface area contributed by atoms with Crippen LogP contribution in [0.1, 0.15) is 11.1 Å². The second kappa shape index (κ2) is 9.35. The van der Waals surface area contributed by atoms with Gasteiger partial charge in [0.15, 0.2) is 0 Å². The SMILES string of the molecule is COC1=C[C@](C=O)(Cc2ccccc2)C(OC)=C/C1=C\c1cc(OC)ccc1OC. The van der Waals surface area contributed by atoms with Crippen LogP contribution >= 0.6 is 0 Å². The summed E-state index contributed by atoms with van der Waals surface area (Å²) in [6.07, 6.45) is 6.98. The molecule has 0 N–H and O–H groups in total. The molecule has 0 unspecified atom stereocenters. The molecule has 2 aromatic carbocycles. The number of carbonyl (C=O) groups is 1. The maximum absolute atomic E-state index is 12.3. The molecular weight excluding hydrogens is 380 g/mol. The predicted octanol–water partition coefficient (Wildman–Crippen LogP) is 4.59. The lowest BCUT2D eigenvalue weighted by Gasteiger charge is -2.31. The van der Waals surface area contributed by atoms with E-state index >= 15 is 0 Å². The molecule has 30 heavy (non-hydrogen) atoms. The highest BCUT2D eigenvalue weighted by atomic mass is 16.5. The van der Waals surface area contributed by atoms with E-state index in [-0.39, 0.29) is 0 Å². The van der Waals surface area contributed by atoms with Gasteiger partial charge in [0.25, 0.3) is 0 Å². The Morgan fingerprint density at radius 1 is 0.900 bits per heavy atom. The van der Waals surface area contributed by atoms with Crippen LogP contribution in [0.25, 0.3) is 6.08 Å². The summed E-state index contributed by atoms with van der Waals surface area (Å²) in [6.45, 7) is 0. The number of methoxy groups -OCH3 is 4. The van der Waals surface area contributed by atoms with Gasteiger partial charge >= 0.3 is 0 Å². The topological polar surface area (TPSA) is 54.0 Å². The van der Waals surface area contributed by atoms with Gasteiger partial charge in [0.1, 0.15) is 34.7 Å². The number of allylic oxidation sites excluding steroid dienone is 2. The molecule has 1 aliphatic rings. The number of rotatable bonds is 8. The molecule has 0 fully saturated rings. The molecule has 0 aromatic heterocycles. The van der Waals surface area contributed by atoms with Crippen molar-refractivity contribution in [2.75, 3.05) is 28.4 Å². The maximum Gasteiger partial charge on any atom is 0.137 e. The lowest BCUT2D eigenvalue weighted by Crippen LogP contribution is -2.30. The van der Waals surface area contributed by atoms with E-state index in [2.05, 4.69) is 0 Å². The molecule has 0 saturated carbocycles. The highest BCUT2D eigenvalue weighted by molar-refractivity contribution is 5.75. The van der Waals surface area contributed by atoms with Crippen molar-refractivity contribution in [3.8, 4) is 11.5 Å². The lowest BCUT2D eigenvalue weighted by atomic mass is 9.76. The largest absolute Gasteiger partial charge is 0.500 e. The zero-order chi connectivity index (χ0) is 21.6. The van der Waals surface area contributed by atoms with Crippen LogP contribution in [0.15, 0.2) is 77.8 Å². The summed E-state index contributed by atoms with van der Waals surface area (Å²) >= 11 is 0. The van der Waals surface area contributed by atoms with E-state index in [1.165, 1.54) is 0 Å². The zero-order valence-electron chi connectivity index (χ0n) is 17.7. The normalized spacial score (nSPS) is 19.5. The summed E-state index contributed by atoms with van der Waals surface area (Å²) in [4.78, 5) is 12.3. The van der Waals surface area contributed by atoms with E-state index < -0.39 is 5.41 Å². The Morgan fingerprint density at radius 2 is 1.67 bits per heavy atom. The zero-order valence-corrected chi connectivity index (χ0v) is 17.7. The minimum atomic E-state index is -0.947. The molecule has 1 atom stereocenters. The van der Waals surface area contributed by atoms with Crippen LogP contribution in [0.4, 0.5) is 0 Å². The molecule has 0 bridgehead atoms. The fraction of sp³-hybridized carbons (Fsp3) is 0.240. The van der Waals surface area contributed by atoms with Crippen LogP contribution in [0, 0.1) is 5.41 Å². The van der Waals surface area contributed by atoms with E-state index in [0.29, 0.717) is 29.4 Å². The minimum Gasteiger partial charge on any atom is -0.500 e. The summed E-state index contributed by atoms with van der Waals surface area (Å²) in [6, 6.07) is 15.4. The van der Waals surface area contributed by atoms with Gasteiger partial charge in [0, 0.05) is 11.1 Å². The average Bonchev–Trinajstić information content (AvgIpc) is 2.80. The van der Waals surface area contributed by atoms with E-state index in [1.54, 1.807) is 28.4 Å². The van der Waals surface area contributed by atoms with Crippen LogP contribution in [-0.4, -0.2) is 34.7 Å². The smallest absolute Gasteiger partial charge is 0.137 e. The number of carbonyl (C=O) groups excluding carboxylic acids is 1. The van der Waals surface area contributed by atoms with Crippen molar-refractivity contribution >= 4 is 12.4 Å². The summed E-state index contributed by atoms with van der Waals surface area (Å²) in [5.74, 6) is 2.55. The van der Waals surface area contributed by atoms with Gasteiger partial charge in [-0.25, -0.2) is 0 Å². The van der Waals surface area contributed by atoms with Crippen LogP contribution in [0.3, 0.4) is 0 Å². The maximum atomic E-state index is 12.3. The van der Waals surface area contributed by atoms with Gasteiger partial charge < -0.3 is 23.7 Å². The number of benzene rings is 2. The molecule has 0 heterocycles. The second-order valence-corrected chi connectivity index (χ2v) is 6.95. The highest BCUT2D eigenvalue weighted by Crippen LogP contribution is 2.40. The molecule has 5 nitrogen and oxygen atoms in total. The van der Waals surface area contributed by atoms with E-state index in [4.69, 9.17) is 18.9 Å². The van der Waals surface area contributed by atoms with Gasteiger partial charge in [-0.15, -0.1) is 0 Å². The standard InChI is InChI=1S/C25H26O5/c1-27-21-10-11-22(28-2)19(13-21)12-20-14-24(30-4)25(17-26,16-23(20)29-3)15-18-8-6-5-7-9-18/h5-14,16-17H,15H2,1-4H3/b20-12+/t25-/m0/s1. The van der Waals surface area contributed by atoms with E-state index in [9.17, 15) is 4.79 Å². The average molecular weight is 406 g/mol. The molecule has 0 radical (unpaired) electrons. The molecule has 5 heteroatoms. The van der Waals surface area contributed by atoms with Crippen molar-refractivity contribution in [3.63, 3.8) is 0 Å². The summed E-state index contributed by atoms with van der Waals surface area (Å²) < 4.78 is 22.1. The van der Waals surface area contributed by atoms with Crippen LogP contribution in [0.5, 0.6) is 11.5 Å². The number of hydrogen-bond acceptors (Lipinski definition) is 5. The first-order valence-corrected chi connectivity index (χ1v) is 9.56. The molecule has 156 valence electrons. The third kappa shape index (κ3) is 4.25. The third-order valence-electron chi connectivity index (χ3n) is 5.16. The van der Waals surface area contributed by atoms with Crippen LogP contribution in [0.2, 0.25) is 0 Å². The van der Waals surface area contributed by atoms with Gasteiger partial charge in [-0.05, 0) is 48.4 Å². The number of aldehydes is 1. The molecule has 1 aliphatic carbocycles. The van der Waals surface area contributed by atoms with Crippen molar-refractivity contribution in [1.82, 2.24) is 0 Å².